The first kappa shape index (κ1) is 14.5. The highest BCUT2D eigenvalue weighted by Crippen LogP contribution is 2.27. The molecule has 1 atom stereocenters. The minimum atomic E-state index is -0.251. The zero-order valence-electron chi connectivity index (χ0n) is 10.2. The monoisotopic (exact) mass is 341 g/mol. The normalized spacial score (nSPS) is 12.4. The van der Waals surface area contributed by atoms with Gasteiger partial charge in [0.2, 0.25) is 0 Å². The third-order valence-electron chi connectivity index (χ3n) is 3.03. The molecule has 100 valence electrons. The van der Waals surface area contributed by atoms with Crippen molar-refractivity contribution >= 4 is 27.5 Å². The van der Waals surface area contributed by atoms with Gasteiger partial charge in [-0.3, -0.25) is 0 Å². The summed E-state index contributed by atoms with van der Waals surface area (Å²) in [6, 6.07) is 12.5. The van der Waals surface area contributed by atoms with E-state index in [-0.39, 0.29) is 11.7 Å². The van der Waals surface area contributed by atoms with Crippen LogP contribution in [0.15, 0.2) is 46.9 Å². The van der Waals surface area contributed by atoms with Gasteiger partial charge in [0.25, 0.3) is 0 Å². The van der Waals surface area contributed by atoms with E-state index >= 15 is 0 Å². The highest BCUT2D eigenvalue weighted by Gasteiger charge is 2.14. The molecule has 1 unspecified atom stereocenters. The fourth-order valence-electron chi connectivity index (χ4n) is 2.14. The van der Waals surface area contributed by atoms with E-state index in [2.05, 4.69) is 15.9 Å². The van der Waals surface area contributed by atoms with Crippen molar-refractivity contribution in [2.24, 2.45) is 5.73 Å². The summed E-state index contributed by atoms with van der Waals surface area (Å²) in [5.41, 5.74) is 7.74. The molecule has 1 nitrogen and oxygen atoms in total. The van der Waals surface area contributed by atoms with Gasteiger partial charge in [0.1, 0.15) is 5.82 Å². The molecule has 2 aromatic carbocycles. The highest BCUT2D eigenvalue weighted by molar-refractivity contribution is 9.10. The number of halogens is 3. The predicted octanol–water partition coefficient (Wildman–Crippen LogP) is 4.53. The van der Waals surface area contributed by atoms with Gasteiger partial charge in [-0.05, 0) is 48.4 Å². The lowest BCUT2D eigenvalue weighted by Gasteiger charge is -2.17. The first-order valence-corrected chi connectivity index (χ1v) is 7.16. The molecule has 0 heterocycles. The molecule has 0 fully saturated rings. The summed E-state index contributed by atoms with van der Waals surface area (Å²) >= 11 is 9.49. The van der Waals surface area contributed by atoms with E-state index in [4.69, 9.17) is 17.3 Å². The van der Waals surface area contributed by atoms with E-state index in [0.29, 0.717) is 18.0 Å². The van der Waals surface area contributed by atoms with Crippen LogP contribution in [0.3, 0.4) is 0 Å². The Bertz CT molecular complexity index is 554. The first-order valence-electron chi connectivity index (χ1n) is 5.99. The van der Waals surface area contributed by atoms with Crippen molar-refractivity contribution in [2.75, 3.05) is 6.54 Å². The Morgan fingerprint density at radius 3 is 2.58 bits per heavy atom. The van der Waals surface area contributed by atoms with Crippen LogP contribution in [-0.2, 0) is 6.42 Å². The average molecular weight is 343 g/mol. The highest BCUT2D eigenvalue weighted by atomic mass is 79.9. The van der Waals surface area contributed by atoms with Gasteiger partial charge in [0, 0.05) is 15.4 Å². The van der Waals surface area contributed by atoms with Gasteiger partial charge in [0.05, 0.1) is 0 Å². The number of benzene rings is 2. The maximum Gasteiger partial charge on any atom is 0.124 e. The number of rotatable bonds is 4. The van der Waals surface area contributed by atoms with Crippen LogP contribution in [0.25, 0.3) is 0 Å². The molecule has 2 rings (SSSR count). The largest absolute Gasteiger partial charge is 0.330 e. The van der Waals surface area contributed by atoms with E-state index in [9.17, 15) is 4.39 Å². The minimum absolute atomic E-state index is 0.0856. The summed E-state index contributed by atoms with van der Waals surface area (Å²) in [7, 11) is 0. The fourth-order valence-corrected chi connectivity index (χ4v) is 2.94. The quantitative estimate of drug-likeness (QED) is 0.868. The topological polar surface area (TPSA) is 26.0 Å². The third-order valence-corrected chi connectivity index (χ3v) is 3.84. The van der Waals surface area contributed by atoms with Gasteiger partial charge in [-0.1, -0.05) is 45.7 Å². The second kappa shape index (κ2) is 6.51. The van der Waals surface area contributed by atoms with Gasteiger partial charge in [-0.2, -0.15) is 0 Å². The average Bonchev–Trinajstić information content (AvgIpc) is 2.36. The van der Waals surface area contributed by atoms with Gasteiger partial charge >= 0.3 is 0 Å². The van der Waals surface area contributed by atoms with E-state index < -0.39 is 0 Å². The molecule has 0 bridgehead atoms. The Balaban J connectivity index is 2.26. The first-order chi connectivity index (χ1) is 9.10. The van der Waals surface area contributed by atoms with Crippen LogP contribution in [0, 0.1) is 5.82 Å². The SMILES string of the molecule is NCC(Cc1cc(F)cc(Br)c1)c1ccccc1Cl. The molecule has 0 saturated carbocycles. The van der Waals surface area contributed by atoms with Crippen molar-refractivity contribution in [3.8, 4) is 0 Å². The van der Waals surface area contributed by atoms with Crippen LogP contribution in [-0.4, -0.2) is 6.54 Å². The molecule has 0 saturated heterocycles. The lowest BCUT2D eigenvalue weighted by molar-refractivity contribution is 0.620. The predicted molar refractivity (Wildman–Crippen MR) is 81.1 cm³/mol. The van der Waals surface area contributed by atoms with Crippen molar-refractivity contribution in [1.82, 2.24) is 0 Å². The minimum Gasteiger partial charge on any atom is -0.330 e. The van der Waals surface area contributed by atoms with Crippen molar-refractivity contribution in [3.63, 3.8) is 0 Å². The van der Waals surface area contributed by atoms with Crippen LogP contribution < -0.4 is 5.73 Å². The van der Waals surface area contributed by atoms with Crippen LogP contribution in [0.1, 0.15) is 17.0 Å². The van der Waals surface area contributed by atoms with Crippen molar-refractivity contribution < 1.29 is 4.39 Å². The fraction of sp³-hybridized carbons (Fsp3) is 0.200. The Kier molecular flexibility index (Phi) is 4.97. The number of hydrogen-bond donors (Lipinski definition) is 1. The zero-order chi connectivity index (χ0) is 13.8. The second-order valence-electron chi connectivity index (χ2n) is 4.44. The maximum absolute atomic E-state index is 13.4. The molecule has 4 heteroatoms. The van der Waals surface area contributed by atoms with Crippen molar-refractivity contribution in [2.45, 2.75) is 12.3 Å². The summed E-state index contributed by atoms with van der Waals surface area (Å²) in [6.45, 7) is 0.470. The Morgan fingerprint density at radius 1 is 1.21 bits per heavy atom. The Labute approximate surface area is 125 Å². The van der Waals surface area contributed by atoms with E-state index in [0.717, 1.165) is 15.6 Å². The molecule has 2 aromatic rings. The van der Waals surface area contributed by atoms with Crippen molar-refractivity contribution in [3.05, 3.63) is 68.9 Å². The Hall–Kier alpha value is -0.900. The maximum atomic E-state index is 13.4. The summed E-state index contributed by atoms with van der Waals surface area (Å²) in [5, 5.41) is 0.702. The molecule has 0 radical (unpaired) electrons. The van der Waals surface area contributed by atoms with Gasteiger partial charge in [-0.25, -0.2) is 4.39 Å². The summed E-state index contributed by atoms with van der Waals surface area (Å²) in [4.78, 5) is 0. The molecular formula is C15H14BrClFN. The molecule has 0 spiro atoms. The van der Waals surface area contributed by atoms with Crippen LogP contribution >= 0.6 is 27.5 Å². The third kappa shape index (κ3) is 3.78. The Morgan fingerprint density at radius 2 is 1.95 bits per heavy atom. The molecule has 0 aromatic heterocycles. The summed E-state index contributed by atoms with van der Waals surface area (Å²) in [6.07, 6.45) is 0.663. The molecular weight excluding hydrogens is 329 g/mol. The van der Waals surface area contributed by atoms with Crippen LogP contribution in [0.4, 0.5) is 4.39 Å². The molecule has 19 heavy (non-hydrogen) atoms. The summed E-state index contributed by atoms with van der Waals surface area (Å²) < 4.78 is 14.1. The van der Waals surface area contributed by atoms with Gasteiger partial charge in [-0.15, -0.1) is 0 Å². The van der Waals surface area contributed by atoms with Crippen LogP contribution in [0.2, 0.25) is 5.02 Å². The molecule has 2 N–H and O–H groups in total. The molecule has 0 aliphatic rings. The lowest BCUT2D eigenvalue weighted by atomic mass is 9.92. The van der Waals surface area contributed by atoms with Crippen molar-refractivity contribution in [1.29, 1.82) is 0 Å². The molecule has 0 amide bonds. The standard InChI is InChI=1S/C15H14BrClFN/c16-12-6-10(7-13(18)8-12)5-11(9-19)14-3-1-2-4-15(14)17/h1-4,6-8,11H,5,9,19H2. The van der Waals surface area contributed by atoms with Gasteiger partial charge < -0.3 is 5.73 Å². The number of nitrogens with two attached hydrogens (primary N) is 1. The van der Waals surface area contributed by atoms with E-state index in [1.165, 1.54) is 12.1 Å². The molecule has 0 aliphatic heterocycles. The van der Waals surface area contributed by atoms with E-state index in [1.54, 1.807) is 0 Å². The smallest absolute Gasteiger partial charge is 0.124 e. The zero-order valence-corrected chi connectivity index (χ0v) is 12.6. The molecule has 0 aliphatic carbocycles. The lowest BCUT2D eigenvalue weighted by Crippen LogP contribution is -2.15. The van der Waals surface area contributed by atoms with E-state index in [1.807, 2.05) is 30.3 Å². The van der Waals surface area contributed by atoms with Crippen LogP contribution in [0.5, 0.6) is 0 Å². The summed E-state index contributed by atoms with van der Waals surface area (Å²) in [5.74, 6) is -0.165. The van der Waals surface area contributed by atoms with Gasteiger partial charge in [0.15, 0.2) is 0 Å². The second-order valence-corrected chi connectivity index (χ2v) is 5.76. The number of hydrogen-bond acceptors (Lipinski definition) is 1.